The van der Waals surface area contributed by atoms with Crippen molar-refractivity contribution in [2.45, 2.75) is 13.8 Å². The van der Waals surface area contributed by atoms with Crippen molar-refractivity contribution in [3.63, 3.8) is 0 Å². The van der Waals surface area contributed by atoms with E-state index in [1.165, 1.54) is 12.1 Å². The lowest BCUT2D eigenvalue weighted by atomic mass is 10.0. The Bertz CT molecular complexity index is 692. The van der Waals surface area contributed by atoms with Crippen molar-refractivity contribution in [1.82, 2.24) is 0 Å². The zero-order chi connectivity index (χ0) is 14.9. The third-order valence-electron chi connectivity index (χ3n) is 2.97. The normalized spacial score (nSPS) is 10.8. The number of carboxylic acids is 1. The molecule has 0 heterocycles. The molecular formula is C15H15NO4. The van der Waals surface area contributed by atoms with Crippen molar-refractivity contribution in [3.8, 4) is 5.75 Å². The Hall–Kier alpha value is -2.56. The largest absolute Gasteiger partial charge is 0.508 e. The first kappa shape index (κ1) is 13.9. The van der Waals surface area contributed by atoms with Gasteiger partial charge in [0.25, 0.3) is 0 Å². The first-order valence-corrected chi connectivity index (χ1v) is 6.20. The Morgan fingerprint density at radius 3 is 2.50 bits per heavy atom. The number of benzene rings is 2. The number of carbonyl (C=O) groups excluding carboxylic acids is 1. The number of carboxylic acid groups (broad SMARTS) is 1. The van der Waals surface area contributed by atoms with E-state index < -0.39 is 5.97 Å². The second-order valence-corrected chi connectivity index (χ2v) is 4.85. The van der Waals surface area contributed by atoms with Crippen LogP contribution in [-0.4, -0.2) is 22.1 Å². The van der Waals surface area contributed by atoms with Gasteiger partial charge in [0, 0.05) is 17.0 Å². The van der Waals surface area contributed by atoms with Gasteiger partial charge < -0.3 is 15.5 Å². The smallest absolute Gasteiger partial charge is 0.336 e. The third-order valence-corrected chi connectivity index (χ3v) is 2.97. The molecule has 0 atom stereocenters. The number of phenolic OH excluding ortho intramolecular Hbond substituents is 1. The molecule has 0 aliphatic rings. The van der Waals surface area contributed by atoms with E-state index in [0.29, 0.717) is 16.5 Å². The molecule has 2 aromatic rings. The molecule has 0 aliphatic carbocycles. The highest BCUT2D eigenvalue weighted by Crippen LogP contribution is 2.31. The van der Waals surface area contributed by atoms with Crippen molar-refractivity contribution in [2.75, 3.05) is 5.32 Å². The number of carbonyl (C=O) groups is 2. The van der Waals surface area contributed by atoms with E-state index in [-0.39, 0.29) is 23.1 Å². The van der Waals surface area contributed by atoms with Crippen LogP contribution >= 0.6 is 0 Å². The minimum absolute atomic E-state index is 0.0420. The molecule has 1 amide bonds. The van der Waals surface area contributed by atoms with Crippen molar-refractivity contribution in [1.29, 1.82) is 0 Å². The Balaban J connectivity index is 2.66. The monoisotopic (exact) mass is 273 g/mol. The number of anilines is 1. The number of rotatable bonds is 3. The van der Waals surface area contributed by atoms with Crippen LogP contribution in [-0.2, 0) is 4.79 Å². The van der Waals surface area contributed by atoms with Crippen LogP contribution in [0.1, 0.15) is 24.2 Å². The van der Waals surface area contributed by atoms with Crippen LogP contribution in [0.3, 0.4) is 0 Å². The Morgan fingerprint density at radius 2 is 1.90 bits per heavy atom. The molecule has 0 saturated carbocycles. The predicted molar refractivity (Wildman–Crippen MR) is 76.0 cm³/mol. The van der Waals surface area contributed by atoms with Crippen molar-refractivity contribution in [2.24, 2.45) is 5.92 Å². The molecule has 0 aliphatic heterocycles. The molecule has 0 unspecified atom stereocenters. The van der Waals surface area contributed by atoms with Gasteiger partial charge in [-0.15, -0.1) is 0 Å². The molecular weight excluding hydrogens is 258 g/mol. The standard InChI is InChI=1S/C15H15NO4/c1-8(2)14(18)16-12-5-3-4-9-6-10(17)7-11(13(9)12)15(19)20/h3-8,17H,1-2H3,(H,16,18)(H,19,20). The van der Waals surface area contributed by atoms with Crippen molar-refractivity contribution >= 4 is 28.3 Å². The van der Waals surface area contributed by atoms with Gasteiger partial charge in [-0.1, -0.05) is 26.0 Å². The molecule has 0 aromatic heterocycles. The Morgan fingerprint density at radius 1 is 1.20 bits per heavy atom. The zero-order valence-corrected chi connectivity index (χ0v) is 11.2. The number of amides is 1. The molecule has 20 heavy (non-hydrogen) atoms. The van der Waals surface area contributed by atoms with E-state index in [4.69, 9.17) is 0 Å². The summed E-state index contributed by atoms with van der Waals surface area (Å²) in [6.07, 6.45) is 0. The lowest BCUT2D eigenvalue weighted by Crippen LogP contribution is -2.18. The van der Waals surface area contributed by atoms with Gasteiger partial charge in [-0.2, -0.15) is 0 Å². The van der Waals surface area contributed by atoms with Gasteiger partial charge in [0.2, 0.25) is 5.91 Å². The van der Waals surface area contributed by atoms with Gasteiger partial charge in [-0.3, -0.25) is 4.79 Å². The number of fused-ring (bicyclic) bond motifs is 1. The van der Waals surface area contributed by atoms with Crippen LogP contribution in [0.2, 0.25) is 0 Å². The number of hydrogen-bond acceptors (Lipinski definition) is 3. The highest BCUT2D eigenvalue weighted by molar-refractivity contribution is 6.12. The number of hydrogen-bond donors (Lipinski definition) is 3. The molecule has 2 rings (SSSR count). The minimum atomic E-state index is -1.16. The van der Waals surface area contributed by atoms with E-state index in [9.17, 15) is 19.8 Å². The third kappa shape index (κ3) is 2.56. The summed E-state index contributed by atoms with van der Waals surface area (Å²) in [6, 6.07) is 7.67. The van der Waals surface area contributed by atoms with Crippen LogP contribution in [0, 0.1) is 5.92 Å². The van der Waals surface area contributed by atoms with E-state index in [1.54, 1.807) is 32.0 Å². The summed E-state index contributed by atoms with van der Waals surface area (Å²) < 4.78 is 0. The van der Waals surface area contributed by atoms with Gasteiger partial charge >= 0.3 is 5.97 Å². The first-order chi connectivity index (χ1) is 9.40. The molecule has 0 saturated heterocycles. The van der Waals surface area contributed by atoms with E-state index in [2.05, 4.69) is 5.32 Å². The SMILES string of the molecule is CC(C)C(=O)Nc1cccc2cc(O)cc(C(=O)O)c12. The van der Waals surface area contributed by atoms with Crippen LogP contribution in [0.15, 0.2) is 30.3 Å². The zero-order valence-electron chi connectivity index (χ0n) is 11.2. The molecule has 0 fully saturated rings. The summed E-state index contributed by atoms with van der Waals surface area (Å²) in [5, 5.41) is 22.5. The maximum absolute atomic E-state index is 11.8. The van der Waals surface area contributed by atoms with Gasteiger partial charge in [-0.25, -0.2) is 4.79 Å². The summed E-state index contributed by atoms with van der Waals surface area (Å²) >= 11 is 0. The highest BCUT2D eigenvalue weighted by atomic mass is 16.4. The molecule has 3 N–H and O–H groups in total. The molecule has 0 bridgehead atoms. The predicted octanol–water partition coefficient (Wildman–Crippen LogP) is 2.84. The van der Waals surface area contributed by atoms with E-state index >= 15 is 0 Å². The second kappa shape index (κ2) is 5.21. The molecule has 0 radical (unpaired) electrons. The lowest BCUT2D eigenvalue weighted by molar-refractivity contribution is -0.118. The second-order valence-electron chi connectivity index (χ2n) is 4.85. The number of phenols is 1. The Labute approximate surface area is 115 Å². The van der Waals surface area contributed by atoms with Crippen molar-refractivity contribution < 1.29 is 19.8 Å². The summed E-state index contributed by atoms with van der Waals surface area (Å²) in [4.78, 5) is 23.1. The molecule has 2 aromatic carbocycles. The first-order valence-electron chi connectivity index (χ1n) is 6.20. The lowest BCUT2D eigenvalue weighted by Gasteiger charge is -2.12. The summed E-state index contributed by atoms with van der Waals surface area (Å²) in [7, 11) is 0. The molecule has 5 heteroatoms. The quantitative estimate of drug-likeness (QED) is 0.802. The molecule has 0 spiro atoms. The maximum Gasteiger partial charge on any atom is 0.336 e. The Kier molecular flexibility index (Phi) is 3.61. The molecule has 104 valence electrons. The number of nitrogens with one attached hydrogen (secondary N) is 1. The van der Waals surface area contributed by atoms with Gasteiger partial charge in [0.05, 0.1) is 5.56 Å². The van der Waals surface area contributed by atoms with E-state index in [1.807, 2.05) is 0 Å². The number of aromatic carboxylic acids is 1. The fourth-order valence-corrected chi connectivity index (χ4v) is 1.96. The minimum Gasteiger partial charge on any atom is -0.508 e. The van der Waals surface area contributed by atoms with Crippen molar-refractivity contribution in [3.05, 3.63) is 35.9 Å². The van der Waals surface area contributed by atoms with E-state index in [0.717, 1.165) is 0 Å². The van der Waals surface area contributed by atoms with Crippen LogP contribution in [0.25, 0.3) is 10.8 Å². The van der Waals surface area contributed by atoms with Gasteiger partial charge in [-0.05, 0) is 23.6 Å². The van der Waals surface area contributed by atoms with Crippen LogP contribution < -0.4 is 5.32 Å². The van der Waals surface area contributed by atoms with Gasteiger partial charge in [0.15, 0.2) is 0 Å². The average molecular weight is 273 g/mol. The van der Waals surface area contributed by atoms with Gasteiger partial charge in [0.1, 0.15) is 5.75 Å². The van der Waals surface area contributed by atoms with Crippen LogP contribution in [0.5, 0.6) is 5.75 Å². The summed E-state index contributed by atoms with van der Waals surface area (Å²) in [6.45, 7) is 3.51. The highest BCUT2D eigenvalue weighted by Gasteiger charge is 2.16. The topological polar surface area (TPSA) is 86.6 Å². The molecule has 5 nitrogen and oxygen atoms in total. The number of aromatic hydroxyl groups is 1. The fourth-order valence-electron chi connectivity index (χ4n) is 1.96. The fraction of sp³-hybridized carbons (Fsp3) is 0.200. The maximum atomic E-state index is 11.8. The van der Waals surface area contributed by atoms with Crippen LogP contribution in [0.4, 0.5) is 5.69 Å². The average Bonchev–Trinajstić information content (AvgIpc) is 2.37. The summed E-state index contributed by atoms with van der Waals surface area (Å²) in [5.74, 6) is -1.68. The summed E-state index contributed by atoms with van der Waals surface area (Å²) in [5.41, 5.74) is 0.387.